The first-order valence-electron chi connectivity index (χ1n) is 6.56. The first kappa shape index (κ1) is 15.5. The molecule has 0 saturated carbocycles. The van der Waals surface area contributed by atoms with Crippen LogP contribution in [0.4, 0.5) is 13.2 Å². The molecule has 2 rings (SSSR count). The molecule has 0 aliphatic carbocycles. The Morgan fingerprint density at radius 2 is 1.71 bits per heavy atom. The molecule has 112 valence electrons. The predicted octanol–water partition coefficient (Wildman–Crippen LogP) is 3.24. The van der Waals surface area contributed by atoms with Gasteiger partial charge in [0.05, 0.1) is 6.10 Å². The highest BCUT2D eigenvalue weighted by atomic mass is 19.2. The Morgan fingerprint density at radius 3 is 2.43 bits per heavy atom. The third-order valence-electron chi connectivity index (χ3n) is 3.29. The predicted molar refractivity (Wildman–Crippen MR) is 74.2 cm³/mol. The number of aryl methyl sites for hydroxylation is 1. The van der Waals surface area contributed by atoms with Crippen LogP contribution in [-0.2, 0) is 6.54 Å². The van der Waals surface area contributed by atoms with Gasteiger partial charge < -0.3 is 10.4 Å². The fraction of sp³-hybridized carbons (Fsp3) is 0.250. The maximum absolute atomic E-state index is 13.4. The molecule has 5 heteroatoms. The summed E-state index contributed by atoms with van der Waals surface area (Å²) in [5, 5.41) is 12.9. The minimum absolute atomic E-state index is 0.00593. The molecule has 1 unspecified atom stereocenters. The first-order valence-corrected chi connectivity index (χ1v) is 6.56. The average molecular weight is 295 g/mol. The summed E-state index contributed by atoms with van der Waals surface area (Å²) in [4.78, 5) is 0. The van der Waals surface area contributed by atoms with E-state index in [-0.39, 0.29) is 18.7 Å². The lowest BCUT2D eigenvalue weighted by molar-refractivity contribution is 0.173. The van der Waals surface area contributed by atoms with Crippen molar-refractivity contribution in [1.29, 1.82) is 0 Å². The largest absolute Gasteiger partial charge is 0.387 e. The Bertz CT molecular complexity index is 631. The topological polar surface area (TPSA) is 32.3 Å². The van der Waals surface area contributed by atoms with Crippen LogP contribution in [0.2, 0.25) is 0 Å². The first-order chi connectivity index (χ1) is 9.99. The molecule has 1 atom stereocenters. The van der Waals surface area contributed by atoms with Crippen LogP contribution < -0.4 is 5.32 Å². The Kier molecular flexibility index (Phi) is 4.98. The molecule has 0 saturated heterocycles. The molecule has 0 aliphatic rings. The SMILES string of the molecule is Cc1ccccc1C(O)CNCc1cc(F)c(F)cc1F. The van der Waals surface area contributed by atoms with Gasteiger partial charge in [0.2, 0.25) is 0 Å². The lowest BCUT2D eigenvalue weighted by atomic mass is 10.0. The molecular formula is C16H16F3NO. The zero-order chi connectivity index (χ0) is 15.4. The quantitative estimate of drug-likeness (QED) is 0.830. The standard InChI is InChI=1S/C16H16F3NO/c1-10-4-2-3-5-12(10)16(21)9-20-8-11-6-14(18)15(19)7-13(11)17/h2-7,16,20-21H,8-9H2,1H3. The van der Waals surface area contributed by atoms with Crippen molar-refractivity contribution in [3.8, 4) is 0 Å². The molecule has 0 heterocycles. The van der Waals surface area contributed by atoms with E-state index in [0.717, 1.165) is 17.2 Å². The second-order valence-corrected chi connectivity index (χ2v) is 4.86. The molecule has 0 spiro atoms. The van der Waals surface area contributed by atoms with Crippen molar-refractivity contribution in [1.82, 2.24) is 5.32 Å². The highest BCUT2D eigenvalue weighted by Crippen LogP contribution is 2.17. The second-order valence-electron chi connectivity index (χ2n) is 4.86. The molecule has 2 nitrogen and oxygen atoms in total. The summed E-state index contributed by atoms with van der Waals surface area (Å²) in [5.41, 5.74) is 1.74. The van der Waals surface area contributed by atoms with Gasteiger partial charge in [0, 0.05) is 24.7 Å². The number of benzene rings is 2. The van der Waals surface area contributed by atoms with Crippen LogP contribution in [-0.4, -0.2) is 11.7 Å². The molecule has 0 fully saturated rings. The summed E-state index contributed by atoms with van der Waals surface area (Å²) in [6.07, 6.45) is -0.750. The minimum atomic E-state index is -1.21. The Balaban J connectivity index is 1.96. The van der Waals surface area contributed by atoms with Gasteiger partial charge in [0.15, 0.2) is 11.6 Å². The van der Waals surface area contributed by atoms with E-state index in [0.29, 0.717) is 6.07 Å². The third kappa shape index (κ3) is 3.83. The van der Waals surface area contributed by atoms with Gasteiger partial charge in [-0.25, -0.2) is 13.2 Å². The van der Waals surface area contributed by atoms with E-state index < -0.39 is 23.6 Å². The van der Waals surface area contributed by atoms with Gasteiger partial charge in [-0.1, -0.05) is 24.3 Å². The van der Waals surface area contributed by atoms with Crippen molar-refractivity contribution in [2.45, 2.75) is 19.6 Å². The number of rotatable bonds is 5. The van der Waals surface area contributed by atoms with Crippen LogP contribution in [0.5, 0.6) is 0 Å². The van der Waals surface area contributed by atoms with Crippen LogP contribution in [0.1, 0.15) is 22.8 Å². The molecule has 0 amide bonds. The summed E-state index contributed by atoms with van der Waals surface area (Å²) >= 11 is 0. The normalized spacial score (nSPS) is 12.4. The molecule has 2 N–H and O–H groups in total. The van der Waals surface area contributed by atoms with E-state index in [4.69, 9.17) is 0 Å². The van der Waals surface area contributed by atoms with Crippen molar-refractivity contribution < 1.29 is 18.3 Å². The van der Waals surface area contributed by atoms with Crippen molar-refractivity contribution in [2.24, 2.45) is 0 Å². The second kappa shape index (κ2) is 6.74. The van der Waals surface area contributed by atoms with Crippen LogP contribution >= 0.6 is 0 Å². The maximum atomic E-state index is 13.4. The van der Waals surface area contributed by atoms with Crippen molar-refractivity contribution >= 4 is 0 Å². The van der Waals surface area contributed by atoms with E-state index in [2.05, 4.69) is 5.32 Å². The number of aliphatic hydroxyl groups excluding tert-OH is 1. The van der Waals surface area contributed by atoms with Gasteiger partial charge in [-0.15, -0.1) is 0 Å². The molecule has 0 aliphatic heterocycles. The van der Waals surface area contributed by atoms with Crippen molar-refractivity contribution in [3.05, 3.63) is 70.5 Å². The van der Waals surface area contributed by atoms with Crippen molar-refractivity contribution in [2.75, 3.05) is 6.54 Å². The van der Waals surface area contributed by atoms with Crippen LogP contribution in [0, 0.1) is 24.4 Å². The van der Waals surface area contributed by atoms with Gasteiger partial charge in [-0.2, -0.15) is 0 Å². The number of halogens is 3. The average Bonchev–Trinajstić information content (AvgIpc) is 2.44. The van der Waals surface area contributed by atoms with E-state index in [1.807, 2.05) is 25.1 Å². The summed E-state index contributed by atoms with van der Waals surface area (Å²) in [6.45, 7) is 2.07. The number of hydrogen-bond donors (Lipinski definition) is 2. The third-order valence-corrected chi connectivity index (χ3v) is 3.29. The molecule has 0 radical (unpaired) electrons. The fourth-order valence-corrected chi connectivity index (χ4v) is 2.11. The zero-order valence-corrected chi connectivity index (χ0v) is 11.5. The molecule has 0 bridgehead atoms. The highest BCUT2D eigenvalue weighted by Gasteiger charge is 2.12. The Morgan fingerprint density at radius 1 is 1.05 bits per heavy atom. The maximum Gasteiger partial charge on any atom is 0.161 e. The van der Waals surface area contributed by atoms with E-state index in [1.165, 1.54) is 0 Å². The molecule has 2 aromatic carbocycles. The molecular weight excluding hydrogens is 279 g/mol. The van der Waals surface area contributed by atoms with E-state index in [9.17, 15) is 18.3 Å². The van der Waals surface area contributed by atoms with Crippen LogP contribution in [0.15, 0.2) is 36.4 Å². The summed E-state index contributed by atoms with van der Waals surface area (Å²) in [5.74, 6) is -3.12. The van der Waals surface area contributed by atoms with Crippen LogP contribution in [0.25, 0.3) is 0 Å². The lowest BCUT2D eigenvalue weighted by Crippen LogP contribution is -2.22. The Labute approximate surface area is 121 Å². The Hall–Kier alpha value is -1.85. The summed E-state index contributed by atoms with van der Waals surface area (Å²) < 4.78 is 39.3. The molecule has 2 aromatic rings. The van der Waals surface area contributed by atoms with Gasteiger partial charge in [0.25, 0.3) is 0 Å². The van der Waals surface area contributed by atoms with Gasteiger partial charge in [-0.05, 0) is 24.1 Å². The number of nitrogens with one attached hydrogen (secondary N) is 1. The number of hydrogen-bond acceptors (Lipinski definition) is 2. The van der Waals surface area contributed by atoms with Gasteiger partial charge >= 0.3 is 0 Å². The molecule has 0 aromatic heterocycles. The minimum Gasteiger partial charge on any atom is -0.387 e. The highest BCUT2D eigenvalue weighted by molar-refractivity contribution is 5.28. The summed E-state index contributed by atoms with van der Waals surface area (Å²) in [6, 6.07) is 8.71. The monoisotopic (exact) mass is 295 g/mol. The summed E-state index contributed by atoms with van der Waals surface area (Å²) in [7, 11) is 0. The smallest absolute Gasteiger partial charge is 0.161 e. The zero-order valence-electron chi connectivity index (χ0n) is 11.5. The van der Waals surface area contributed by atoms with Crippen molar-refractivity contribution in [3.63, 3.8) is 0 Å². The van der Waals surface area contributed by atoms with E-state index in [1.54, 1.807) is 6.07 Å². The van der Waals surface area contributed by atoms with Crippen LogP contribution in [0.3, 0.4) is 0 Å². The van der Waals surface area contributed by atoms with E-state index >= 15 is 0 Å². The number of aliphatic hydroxyl groups is 1. The fourth-order valence-electron chi connectivity index (χ4n) is 2.11. The molecule has 21 heavy (non-hydrogen) atoms. The van der Waals surface area contributed by atoms with Gasteiger partial charge in [-0.3, -0.25) is 0 Å². The lowest BCUT2D eigenvalue weighted by Gasteiger charge is -2.14. The van der Waals surface area contributed by atoms with Gasteiger partial charge in [0.1, 0.15) is 5.82 Å².